The van der Waals surface area contributed by atoms with Crippen LogP contribution in [-0.2, 0) is 10.3 Å². The number of hydrogen-bond donors (Lipinski definition) is 0. The van der Waals surface area contributed by atoms with Crippen LogP contribution < -0.4 is 0 Å². The number of methoxy groups -OCH3 is 1. The van der Waals surface area contributed by atoms with Crippen LogP contribution in [0.2, 0.25) is 5.02 Å². The molecule has 1 unspecified atom stereocenters. The fourth-order valence-corrected chi connectivity index (χ4v) is 3.82. The van der Waals surface area contributed by atoms with Gasteiger partial charge in [-0.3, -0.25) is 0 Å². The van der Waals surface area contributed by atoms with Gasteiger partial charge in [-0.15, -0.1) is 0 Å². The zero-order valence-electron chi connectivity index (χ0n) is 13.2. The quantitative estimate of drug-likeness (QED) is 0.576. The molecule has 4 rings (SSSR count). The average molecular weight is 339 g/mol. The summed E-state index contributed by atoms with van der Waals surface area (Å²) in [5.74, 6) is 0. The topological polar surface area (TPSA) is 9.23 Å². The van der Waals surface area contributed by atoms with Crippen molar-refractivity contribution in [2.45, 2.75) is 11.8 Å². The van der Waals surface area contributed by atoms with Gasteiger partial charge < -0.3 is 4.74 Å². The van der Waals surface area contributed by atoms with E-state index < -0.39 is 11.8 Å². The van der Waals surface area contributed by atoms with Crippen molar-refractivity contribution in [2.24, 2.45) is 0 Å². The Bertz CT molecular complexity index is 843. The Balaban J connectivity index is 1.97. The van der Waals surface area contributed by atoms with E-state index in [1.54, 1.807) is 31.4 Å². The first-order valence-corrected chi connectivity index (χ1v) is 8.20. The first-order valence-electron chi connectivity index (χ1n) is 7.82. The Hall–Kier alpha value is -2.16. The third-order valence-corrected chi connectivity index (χ3v) is 5.04. The maximum Gasteiger partial charge on any atom is 0.162 e. The average Bonchev–Trinajstić information content (AvgIpc) is 2.93. The number of fused-ring (bicyclic) bond motifs is 3. The highest BCUT2D eigenvalue weighted by molar-refractivity contribution is 6.30. The molecule has 0 spiro atoms. The van der Waals surface area contributed by atoms with Crippen LogP contribution in [0.25, 0.3) is 11.1 Å². The summed E-state index contributed by atoms with van der Waals surface area (Å²) in [6.45, 7) is 0. The Morgan fingerprint density at radius 2 is 1.33 bits per heavy atom. The van der Waals surface area contributed by atoms with Crippen LogP contribution in [0.15, 0.2) is 72.8 Å². The summed E-state index contributed by atoms with van der Waals surface area (Å²) in [6.07, 6.45) is -1.34. The molecule has 3 aromatic rings. The summed E-state index contributed by atoms with van der Waals surface area (Å²) in [7, 11) is 1.57. The van der Waals surface area contributed by atoms with Crippen molar-refractivity contribution >= 4 is 11.6 Å². The van der Waals surface area contributed by atoms with Gasteiger partial charge in [-0.1, -0.05) is 72.3 Å². The lowest BCUT2D eigenvalue weighted by atomic mass is 9.83. The Morgan fingerprint density at radius 1 is 0.833 bits per heavy atom. The van der Waals surface area contributed by atoms with E-state index in [-0.39, 0.29) is 0 Å². The first kappa shape index (κ1) is 15.4. The molecule has 0 aliphatic heterocycles. The van der Waals surface area contributed by atoms with E-state index in [1.807, 2.05) is 48.5 Å². The standard InChI is InChI=1S/C21H16ClFO/c1-24-21(20(23)14-10-12-15(22)13-11-14)18-8-4-2-6-16(18)17-7-3-5-9-19(17)21/h2-13,20H,1H3. The van der Waals surface area contributed by atoms with Gasteiger partial charge in [0.2, 0.25) is 0 Å². The van der Waals surface area contributed by atoms with Gasteiger partial charge in [-0.25, -0.2) is 4.39 Å². The lowest BCUT2D eigenvalue weighted by molar-refractivity contribution is -0.0420. The van der Waals surface area contributed by atoms with Crippen LogP contribution in [0.1, 0.15) is 22.9 Å². The highest BCUT2D eigenvalue weighted by atomic mass is 35.5. The largest absolute Gasteiger partial charge is 0.365 e. The first-order chi connectivity index (χ1) is 11.7. The minimum absolute atomic E-state index is 0.549. The number of ether oxygens (including phenoxy) is 1. The molecule has 0 N–H and O–H groups in total. The summed E-state index contributed by atoms with van der Waals surface area (Å²) < 4.78 is 21.7. The van der Waals surface area contributed by atoms with Gasteiger partial charge in [0.1, 0.15) is 0 Å². The molecular formula is C21H16ClFO. The van der Waals surface area contributed by atoms with Crippen LogP contribution in [0.5, 0.6) is 0 Å². The highest BCUT2D eigenvalue weighted by Crippen LogP contribution is 2.56. The third-order valence-electron chi connectivity index (χ3n) is 4.79. The maximum atomic E-state index is 15.8. The van der Waals surface area contributed by atoms with E-state index in [9.17, 15) is 0 Å². The maximum absolute atomic E-state index is 15.8. The van der Waals surface area contributed by atoms with E-state index in [2.05, 4.69) is 0 Å². The summed E-state index contributed by atoms with van der Waals surface area (Å²) in [5.41, 5.74) is 3.15. The molecule has 1 nitrogen and oxygen atoms in total. The molecule has 24 heavy (non-hydrogen) atoms. The monoisotopic (exact) mass is 338 g/mol. The Kier molecular flexibility index (Phi) is 3.67. The molecule has 120 valence electrons. The summed E-state index contributed by atoms with van der Waals surface area (Å²) >= 11 is 5.95. The summed E-state index contributed by atoms with van der Waals surface area (Å²) in [5, 5.41) is 0.588. The lowest BCUT2D eigenvalue weighted by Gasteiger charge is -2.34. The van der Waals surface area contributed by atoms with Crippen molar-refractivity contribution in [1.29, 1.82) is 0 Å². The van der Waals surface area contributed by atoms with E-state index in [4.69, 9.17) is 16.3 Å². The van der Waals surface area contributed by atoms with Crippen molar-refractivity contribution in [1.82, 2.24) is 0 Å². The number of alkyl halides is 1. The van der Waals surface area contributed by atoms with Crippen LogP contribution >= 0.6 is 11.6 Å². The zero-order valence-corrected chi connectivity index (χ0v) is 13.9. The second-order valence-electron chi connectivity index (χ2n) is 5.95. The van der Waals surface area contributed by atoms with Gasteiger partial charge in [0.25, 0.3) is 0 Å². The Morgan fingerprint density at radius 3 is 1.83 bits per heavy atom. The molecule has 1 aliphatic carbocycles. The predicted molar refractivity (Wildman–Crippen MR) is 95.0 cm³/mol. The van der Waals surface area contributed by atoms with Crippen molar-refractivity contribution in [3.05, 3.63) is 94.5 Å². The van der Waals surface area contributed by atoms with Gasteiger partial charge in [0.05, 0.1) is 0 Å². The molecular weight excluding hydrogens is 323 g/mol. The fraction of sp³-hybridized carbons (Fsp3) is 0.143. The predicted octanol–water partition coefficient (Wildman–Crippen LogP) is 5.92. The lowest BCUT2D eigenvalue weighted by Crippen LogP contribution is -2.33. The second kappa shape index (κ2) is 5.73. The van der Waals surface area contributed by atoms with Crippen LogP contribution in [-0.4, -0.2) is 7.11 Å². The number of hydrogen-bond acceptors (Lipinski definition) is 1. The Labute approximate surface area is 145 Å². The molecule has 1 atom stereocenters. The molecule has 0 saturated carbocycles. The molecule has 0 saturated heterocycles. The number of rotatable bonds is 3. The van der Waals surface area contributed by atoms with Crippen LogP contribution in [0.4, 0.5) is 4.39 Å². The second-order valence-corrected chi connectivity index (χ2v) is 6.38. The number of benzene rings is 3. The van der Waals surface area contributed by atoms with E-state index in [0.717, 1.165) is 22.3 Å². The molecule has 0 aromatic heterocycles. The molecule has 0 fully saturated rings. The van der Waals surface area contributed by atoms with Crippen LogP contribution in [0.3, 0.4) is 0 Å². The van der Waals surface area contributed by atoms with Gasteiger partial charge >= 0.3 is 0 Å². The van der Waals surface area contributed by atoms with Gasteiger partial charge in [0, 0.05) is 12.1 Å². The van der Waals surface area contributed by atoms with Gasteiger partial charge in [0.15, 0.2) is 11.8 Å². The van der Waals surface area contributed by atoms with Crippen molar-refractivity contribution in [3.8, 4) is 11.1 Å². The van der Waals surface area contributed by atoms with E-state index in [0.29, 0.717) is 10.6 Å². The third kappa shape index (κ3) is 2.03. The molecule has 1 aliphatic rings. The minimum atomic E-state index is -1.34. The van der Waals surface area contributed by atoms with E-state index >= 15 is 4.39 Å². The normalized spacial score (nSPS) is 15.6. The fourth-order valence-electron chi connectivity index (χ4n) is 3.69. The molecule has 0 radical (unpaired) electrons. The van der Waals surface area contributed by atoms with Gasteiger partial charge in [-0.2, -0.15) is 0 Å². The zero-order chi connectivity index (χ0) is 16.7. The molecule has 0 bridgehead atoms. The van der Waals surface area contributed by atoms with Crippen molar-refractivity contribution < 1.29 is 9.13 Å². The summed E-state index contributed by atoms with van der Waals surface area (Å²) in [6, 6.07) is 22.6. The molecule has 0 heterocycles. The van der Waals surface area contributed by atoms with Gasteiger partial charge in [-0.05, 0) is 39.9 Å². The molecule has 3 heteroatoms. The smallest absolute Gasteiger partial charge is 0.162 e. The van der Waals surface area contributed by atoms with Crippen molar-refractivity contribution in [3.63, 3.8) is 0 Å². The van der Waals surface area contributed by atoms with E-state index in [1.165, 1.54) is 0 Å². The van der Waals surface area contributed by atoms with Crippen molar-refractivity contribution in [2.75, 3.05) is 7.11 Å². The molecule has 3 aromatic carbocycles. The SMILES string of the molecule is COC1(C(F)c2ccc(Cl)cc2)c2ccccc2-c2ccccc21. The summed E-state index contributed by atoms with van der Waals surface area (Å²) in [4.78, 5) is 0. The molecule has 0 amide bonds. The highest BCUT2D eigenvalue weighted by Gasteiger charge is 2.50. The van der Waals surface area contributed by atoms with Crippen LogP contribution in [0, 0.1) is 0 Å². The number of halogens is 2. The minimum Gasteiger partial charge on any atom is -0.365 e.